The molecule has 0 aliphatic heterocycles. The number of nitrogens with two attached hydrogens (primary N) is 1. The largest absolute Gasteiger partial charge is 0.384 e. The second-order valence-electron chi connectivity index (χ2n) is 3.83. The molecule has 18 heavy (non-hydrogen) atoms. The highest BCUT2D eigenvalue weighted by atomic mass is 35.5. The van der Waals surface area contributed by atoms with Crippen LogP contribution >= 0.6 is 23.4 Å². The zero-order chi connectivity index (χ0) is 13.0. The maximum atomic E-state index is 7.56. The predicted octanol–water partition coefficient (Wildman–Crippen LogP) is 3.92. The minimum atomic E-state index is 0.0491. The summed E-state index contributed by atoms with van der Waals surface area (Å²) in [5.41, 5.74) is 7.50. The van der Waals surface area contributed by atoms with Crippen LogP contribution in [0.2, 0.25) is 5.02 Å². The van der Waals surface area contributed by atoms with E-state index >= 15 is 0 Å². The molecule has 0 fully saturated rings. The third-order valence-electron chi connectivity index (χ3n) is 2.47. The molecule has 2 nitrogen and oxygen atoms in total. The minimum Gasteiger partial charge on any atom is -0.384 e. The number of hydrogen-bond acceptors (Lipinski definition) is 2. The lowest BCUT2D eigenvalue weighted by atomic mass is 10.2. The zero-order valence-electron chi connectivity index (χ0n) is 9.69. The molecule has 0 radical (unpaired) electrons. The Bertz CT molecular complexity index is 555. The Morgan fingerprint density at radius 3 is 2.56 bits per heavy atom. The standard InChI is InChI=1S/C14H13ClN2S/c15-11-6-7-13(12(8-11)14(16)17)18-9-10-4-2-1-3-5-10/h1-8H,9H2,(H3,16,17). The molecule has 2 rings (SSSR count). The van der Waals surface area contributed by atoms with Gasteiger partial charge in [-0.05, 0) is 23.8 Å². The van der Waals surface area contributed by atoms with Gasteiger partial charge in [0, 0.05) is 21.2 Å². The van der Waals surface area contributed by atoms with Gasteiger partial charge in [-0.1, -0.05) is 41.9 Å². The highest BCUT2D eigenvalue weighted by molar-refractivity contribution is 7.98. The van der Waals surface area contributed by atoms with Gasteiger partial charge in [-0.25, -0.2) is 0 Å². The highest BCUT2D eigenvalue weighted by Crippen LogP contribution is 2.28. The lowest BCUT2D eigenvalue weighted by molar-refractivity contribution is 1.32. The van der Waals surface area contributed by atoms with Crippen molar-refractivity contribution in [1.29, 1.82) is 5.41 Å². The summed E-state index contributed by atoms with van der Waals surface area (Å²) in [5.74, 6) is 0.899. The van der Waals surface area contributed by atoms with E-state index in [1.165, 1.54) is 5.56 Å². The maximum Gasteiger partial charge on any atom is 0.123 e. The van der Waals surface area contributed by atoms with Crippen molar-refractivity contribution in [3.8, 4) is 0 Å². The van der Waals surface area contributed by atoms with Crippen molar-refractivity contribution in [1.82, 2.24) is 0 Å². The summed E-state index contributed by atoms with van der Waals surface area (Å²) in [6.45, 7) is 0. The number of nitrogens with one attached hydrogen (secondary N) is 1. The molecule has 0 spiro atoms. The third kappa shape index (κ3) is 3.28. The first-order valence-corrected chi connectivity index (χ1v) is 6.84. The van der Waals surface area contributed by atoms with Crippen LogP contribution in [-0.4, -0.2) is 5.84 Å². The van der Waals surface area contributed by atoms with Gasteiger partial charge in [0.15, 0.2) is 0 Å². The lowest BCUT2D eigenvalue weighted by Crippen LogP contribution is -2.12. The van der Waals surface area contributed by atoms with E-state index < -0.39 is 0 Å². The van der Waals surface area contributed by atoms with Crippen molar-refractivity contribution < 1.29 is 0 Å². The number of thioether (sulfide) groups is 1. The summed E-state index contributed by atoms with van der Waals surface area (Å²) in [4.78, 5) is 0.982. The smallest absolute Gasteiger partial charge is 0.123 e. The zero-order valence-corrected chi connectivity index (χ0v) is 11.3. The fourth-order valence-corrected chi connectivity index (χ4v) is 2.75. The van der Waals surface area contributed by atoms with Crippen LogP contribution in [0, 0.1) is 5.41 Å². The van der Waals surface area contributed by atoms with Gasteiger partial charge in [0.1, 0.15) is 5.84 Å². The molecule has 0 atom stereocenters. The van der Waals surface area contributed by atoms with Gasteiger partial charge < -0.3 is 5.73 Å². The molecule has 0 unspecified atom stereocenters. The third-order valence-corrected chi connectivity index (χ3v) is 3.85. The van der Waals surface area contributed by atoms with Crippen molar-refractivity contribution in [3.05, 3.63) is 64.7 Å². The molecule has 0 heterocycles. The Balaban J connectivity index is 2.17. The van der Waals surface area contributed by atoms with E-state index in [9.17, 15) is 0 Å². The molecule has 4 heteroatoms. The summed E-state index contributed by atoms with van der Waals surface area (Å²) < 4.78 is 0. The second kappa shape index (κ2) is 5.94. The van der Waals surface area contributed by atoms with Crippen LogP contribution in [0.4, 0.5) is 0 Å². The van der Waals surface area contributed by atoms with Crippen molar-refractivity contribution >= 4 is 29.2 Å². The molecular formula is C14H13ClN2S. The highest BCUT2D eigenvalue weighted by Gasteiger charge is 2.07. The van der Waals surface area contributed by atoms with Gasteiger partial charge in [0.2, 0.25) is 0 Å². The number of rotatable bonds is 4. The normalized spacial score (nSPS) is 10.3. The van der Waals surface area contributed by atoms with Gasteiger partial charge >= 0.3 is 0 Å². The summed E-state index contributed by atoms with van der Waals surface area (Å²) in [5, 5.41) is 8.16. The lowest BCUT2D eigenvalue weighted by Gasteiger charge is -2.08. The Hall–Kier alpha value is -1.45. The van der Waals surface area contributed by atoms with Crippen LogP contribution in [-0.2, 0) is 5.75 Å². The molecular weight excluding hydrogens is 264 g/mol. The van der Waals surface area contributed by atoms with Gasteiger partial charge in [-0.3, -0.25) is 5.41 Å². The number of benzene rings is 2. The summed E-state index contributed by atoms with van der Waals surface area (Å²) in [6.07, 6.45) is 0. The van der Waals surface area contributed by atoms with Crippen LogP contribution in [0.1, 0.15) is 11.1 Å². The van der Waals surface area contributed by atoms with E-state index in [-0.39, 0.29) is 5.84 Å². The average Bonchev–Trinajstić information content (AvgIpc) is 2.38. The second-order valence-corrected chi connectivity index (χ2v) is 5.28. The molecule has 3 N–H and O–H groups in total. The quantitative estimate of drug-likeness (QED) is 0.505. The van der Waals surface area contributed by atoms with Gasteiger partial charge in [-0.15, -0.1) is 11.8 Å². The van der Waals surface area contributed by atoms with Crippen LogP contribution < -0.4 is 5.73 Å². The van der Waals surface area contributed by atoms with Crippen LogP contribution in [0.25, 0.3) is 0 Å². The Kier molecular flexibility index (Phi) is 4.28. The Labute approximate surface area is 116 Å². The Morgan fingerprint density at radius 2 is 1.89 bits per heavy atom. The molecule has 0 amide bonds. The van der Waals surface area contributed by atoms with Crippen LogP contribution in [0.3, 0.4) is 0 Å². The van der Waals surface area contributed by atoms with Crippen LogP contribution in [0.15, 0.2) is 53.4 Å². The topological polar surface area (TPSA) is 49.9 Å². The fourth-order valence-electron chi connectivity index (χ4n) is 1.57. The molecule has 0 aromatic heterocycles. The number of halogens is 1. The molecule has 0 aliphatic carbocycles. The van der Waals surface area contributed by atoms with Crippen molar-refractivity contribution in [3.63, 3.8) is 0 Å². The van der Waals surface area contributed by atoms with E-state index in [0.717, 1.165) is 10.6 Å². The first kappa shape index (κ1) is 13.0. The molecule has 0 bridgehead atoms. The number of amidine groups is 1. The number of hydrogen-bond donors (Lipinski definition) is 2. The van der Waals surface area contributed by atoms with Crippen molar-refractivity contribution in [2.45, 2.75) is 10.6 Å². The molecule has 2 aromatic rings. The van der Waals surface area contributed by atoms with Gasteiger partial charge in [0.25, 0.3) is 0 Å². The number of nitrogen functional groups attached to an aromatic ring is 1. The molecule has 0 saturated heterocycles. The summed E-state index contributed by atoms with van der Waals surface area (Å²) in [7, 11) is 0. The summed E-state index contributed by atoms with van der Waals surface area (Å²) >= 11 is 7.57. The van der Waals surface area contributed by atoms with E-state index in [4.69, 9.17) is 22.7 Å². The molecule has 0 aliphatic rings. The summed E-state index contributed by atoms with van der Waals surface area (Å²) in [6, 6.07) is 15.7. The predicted molar refractivity (Wildman–Crippen MR) is 78.5 cm³/mol. The monoisotopic (exact) mass is 276 g/mol. The molecule has 0 saturated carbocycles. The molecule has 2 aromatic carbocycles. The van der Waals surface area contributed by atoms with Gasteiger partial charge in [-0.2, -0.15) is 0 Å². The average molecular weight is 277 g/mol. The van der Waals surface area contributed by atoms with Gasteiger partial charge in [0.05, 0.1) is 0 Å². The van der Waals surface area contributed by atoms with E-state index in [0.29, 0.717) is 10.6 Å². The van der Waals surface area contributed by atoms with Crippen molar-refractivity contribution in [2.75, 3.05) is 0 Å². The first-order chi connectivity index (χ1) is 8.66. The van der Waals surface area contributed by atoms with E-state index in [1.54, 1.807) is 17.8 Å². The van der Waals surface area contributed by atoms with Crippen LogP contribution in [0.5, 0.6) is 0 Å². The SMILES string of the molecule is N=C(N)c1cc(Cl)ccc1SCc1ccccc1. The van der Waals surface area contributed by atoms with E-state index in [1.807, 2.05) is 30.3 Å². The molecule has 92 valence electrons. The van der Waals surface area contributed by atoms with E-state index in [2.05, 4.69) is 12.1 Å². The fraction of sp³-hybridized carbons (Fsp3) is 0.0714. The minimum absolute atomic E-state index is 0.0491. The Morgan fingerprint density at radius 1 is 1.17 bits per heavy atom. The first-order valence-electron chi connectivity index (χ1n) is 5.47. The van der Waals surface area contributed by atoms with Crippen molar-refractivity contribution in [2.24, 2.45) is 5.73 Å². The maximum absolute atomic E-state index is 7.56.